The van der Waals surface area contributed by atoms with Gasteiger partial charge in [-0.1, -0.05) is 0 Å². The van der Waals surface area contributed by atoms with Gasteiger partial charge in [0.15, 0.2) is 0 Å². The Labute approximate surface area is 192 Å². The molecule has 0 bridgehead atoms. The van der Waals surface area contributed by atoms with E-state index in [0.717, 1.165) is 12.8 Å². The predicted molar refractivity (Wildman–Crippen MR) is 117 cm³/mol. The molecule has 0 aromatic rings. The summed E-state index contributed by atoms with van der Waals surface area (Å²) in [5.41, 5.74) is 9.10. The van der Waals surface area contributed by atoms with Crippen molar-refractivity contribution in [2.45, 2.75) is 54.9 Å². The van der Waals surface area contributed by atoms with Gasteiger partial charge in [-0.05, 0) is 12.8 Å². The van der Waals surface area contributed by atoms with Crippen LogP contribution in [0.4, 0.5) is 8.78 Å². The molecule has 1 saturated carbocycles. The molecule has 33 heavy (non-hydrogen) atoms. The smallest absolute Gasteiger partial charge is 0.229 e. The number of nitrogens with zero attached hydrogens (tertiary/aromatic N) is 3. The number of nitrogens with two attached hydrogens (primary N) is 1. The first-order valence-corrected chi connectivity index (χ1v) is 13.3. The highest BCUT2D eigenvalue weighted by molar-refractivity contribution is 7.90. The van der Waals surface area contributed by atoms with Crippen LogP contribution >= 0.6 is 0 Å². The van der Waals surface area contributed by atoms with Gasteiger partial charge in [-0.2, -0.15) is 4.31 Å². The summed E-state index contributed by atoms with van der Waals surface area (Å²) in [5.74, 6) is -0.966. The average Bonchev–Trinajstić information content (AvgIpc) is 3.57. The number of fused-ring (bicyclic) bond motifs is 1. The van der Waals surface area contributed by atoms with E-state index in [2.05, 4.69) is 21.4 Å². The lowest BCUT2D eigenvalue weighted by Crippen LogP contribution is -2.68. The summed E-state index contributed by atoms with van der Waals surface area (Å²) >= 11 is 0. The fourth-order valence-electron chi connectivity index (χ4n) is 5.58. The monoisotopic (exact) mass is 492 g/mol. The van der Waals surface area contributed by atoms with Crippen LogP contribution < -0.4 is 27.1 Å². The van der Waals surface area contributed by atoms with E-state index in [1.165, 1.54) is 4.31 Å². The summed E-state index contributed by atoms with van der Waals surface area (Å²) < 4.78 is 55.4. The zero-order valence-corrected chi connectivity index (χ0v) is 19.3. The van der Waals surface area contributed by atoms with Crippen LogP contribution in [0.25, 0.3) is 0 Å². The number of carbonyl (C=O) groups excluding carboxylic acids is 1. The van der Waals surface area contributed by atoms with Gasteiger partial charge in [-0.15, -0.1) is 0 Å². The van der Waals surface area contributed by atoms with Gasteiger partial charge in [-0.3, -0.25) is 15.0 Å². The first-order valence-electron chi connectivity index (χ1n) is 11.8. The maximum absolute atomic E-state index is 15.1. The zero-order chi connectivity index (χ0) is 23.3. The van der Waals surface area contributed by atoms with Crippen molar-refractivity contribution in [2.24, 2.45) is 11.7 Å². The molecule has 4 heterocycles. The number of hydrogen-bond acceptors (Lipinski definition) is 9. The first-order chi connectivity index (χ1) is 15.8. The molecule has 5 rings (SSSR count). The number of hydrogen-bond donors (Lipinski definition) is 5. The van der Waals surface area contributed by atoms with E-state index in [9.17, 15) is 17.6 Å². The molecule has 1 aliphatic carbocycles. The number of carbonyl (C=O) groups is 1. The van der Waals surface area contributed by atoms with Gasteiger partial charge in [0.05, 0.1) is 35.6 Å². The second-order valence-electron chi connectivity index (χ2n) is 9.74. The zero-order valence-electron chi connectivity index (χ0n) is 18.5. The highest BCUT2D eigenvalue weighted by Gasteiger charge is 2.49. The van der Waals surface area contributed by atoms with Crippen molar-refractivity contribution >= 4 is 15.9 Å². The number of alkyl halides is 2. The van der Waals surface area contributed by atoms with Gasteiger partial charge < -0.3 is 16.4 Å². The maximum atomic E-state index is 15.1. The molecule has 14 heteroatoms. The van der Waals surface area contributed by atoms with E-state index >= 15 is 4.39 Å². The van der Waals surface area contributed by atoms with E-state index in [4.69, 9.17) is 5.73 Å². The fourth-order valence-corrected chi connectivity index (χ4v) is 7.41. The summed E-state index contributed by atoms with van der Waals surface area (Å²) in [6.07, 6.45) is -1.93. The molecule has 0 radical (unpaired) electrons. The number of piperidine rings is 1. The standard InChI is InChI=1S/C19H34F2N8O3S/c20-11-7-24-18-15(17(22)26-29(18)10-11)19(30)25-14-9-23-8-13(21)16(14)27-3-5-28(6-4-27)33(31,32)12-1-2-12/h11-18,23-24,26H,1-10,22H2,(H,25,30). The number of rotatable bonds is 5. The highest BCUT2D eigenvalue weighted by atomic mass is 32.2. The molecule has 4 aliphatic heterocycles. The molecular weight excluding hydrogens is 458 g/mol. The Balaban J connectivity index is 1.23. The quantitative estimate of drug-likeness (QED) is 0.270. The number of hydrazine groups is 1. The molecule has 5 fully saturated rings. The van der Waals surface area contributed by atoms with Crippen LogP contribution in [0.15, 0.2) is 0 Å². The Hall–Kier alpha value is -1.00. The first kappa shape index (κ1) is 23.7. The molecule has 7 unspecified atom stereocenters. The Morgan fingerprint density at radius 1 is 1.06 bits per heavy atom. The molecule has 0 aromatic carbocycles. The lowest BCUT2D eigenvalue weighted by Gasteiger charge is -2.45. The molecule has 6 N–H and O–H groups in total. The maximum Gasteiger partial charge on any atom is 0.229 e. The van der Waals surface area contributed by atoms with Crippen molar-refractivity contribution in [1.29, 1.82) is 0 Å². The van der Waals surface area contributed by atoms with E-state index in [0.29, 0.717) is 32.7 Å². The van der Waals surface area contributed by atoms with Gasteiger partial charge in [0, 0.05) is 52.4 Å². The van der Waals surface area contributed by atoms with Gasteiger partial charge in [0.25, 0.3) is 0 Å². The number of nitrogens with one attached hydrogen (secondary N) is 4. The van der Waals surface area contributed by atoms with E-state index in [1.54, 1.807) is 5.01 Å². The lowest BCUT2D eigenvalue weighted by molar-refractivity contribution is -0.128. The Morgan fingerprint density at radius 3 is 2.48 bits per heavy atom. The van der Waals surface area contributed by atoms with Crippen molar-refractivity contribution < 1.29 is 22.0 Å². The van der Waals surface area contributed by atoms with Crippen molar-refractivity contribution in [1.82, 2.24) is 35.6 Å². The fraction of sp³-hybridized carbons (Fsp3) is 0.947. The normalized spacial score (nSPS) is 41.6. The molecule has 11 nitrogen and oxygen atoms in total. The van der Waals surface area contributed by atoms with Gasteiger partial charge in [-0.25, -0.2) is 27.6 Å². The summed E-state index contributed by atoms with van der Waals surface area (Å²) in [5, 5.41) is 10.4. The second kappa shape index (κ2) is 9.22. The molecule has 4 saturated heterocycles. The van der Waals surface area contributed by atoms with Crippen LogP contribution in [0.1, 0.15) is 12.8 Å². The SMILES string of the molecule is NC1NN2CC(F)CNC2C1C(=O)NC1CNCC(F)C1N1CCN(S(=O)(=O)C2CC2)CC1. The van der Waals surface area contributed by atoms with Crippen molar-refractivity contribution in [3.05, 3.63) is 0 Å². The number of amides is 1. The highest BCUT2D eigenvalue weighted by Crippen LogP contribution is 2.32. The van der Waals surface area contributed by atoms with Gasteiger partial charge >= 0.3 is 0 Å². The predicted octanol–water partition coefficient (Wildman–Crippen LogP) is -3.12. The largest absolute Gasteiger partial charge is 0.350 e. The minimum atomic E-state index is -3.25. The lowest BCUT2D eigenvalue weighted by atomic mass is 9.94. The Bertz CT molecular complexity index is 841. The Kier molecular flexibility index (Phi) is 6.63. The Morgan fingerprint density at radius 2 is 1.79 bits per heavy atom. The third-order valence-electron chi connectivity index (χ3n) is 7.44. The minimum absolute atomic E-state index is 0.142. The summed E-state index contributed by atoms with van der Waals surface area (Å²) in [7, 11) is -3.25. The summed E-state index contributed by atoms with van der Waals surface area (Å²) in [6.45, 7) is 2.38. The van der Waals surface area contributed by atoms with E-state index in [1.807, 2.05) is 4.90 Å². The van der Waals surface area contributed by atoms with Crippen molar-refractivity contribution in [3.8, 4) is 0 Å². The van der Waals surface area contributed by atoms with Gasteiger partial charge in [0.2, 0.25) is 15.9 Å². The number of piperazine rings is 1. The number of sulfonamides is 1. The summed E-state index contributed by atoms with van der Waals surface area (Å²) in [4.78, 5) is 15.2. The van der Waals surface area contributed by atoms with E-state index in [-0.39, 0.29) is 30.8 Å². The van der Waals surface area contributed by atoms with Crippen LogP contribution in [0.3, 0.4) is 0 Å². The second-order valence-corrected chi connectivity index (χ2v) is 12.0. The van der Waals surface area contributed by atoms with E-state index < -0.39 is 52.7 Å². The minimum Gasteiger partial charge on any atom is -0.350 e. The molecule has 7 atom stereocenters. The molecule has 5 aliphatic rings. The average molecular weight is 493 g/mol. The molecular formula is C19H34F2N8O3S. The van der Waals surface area contributed by atoms with Crippen LogP contribution in [-0.4, -0.2) is 123 Å². The van der Waals surface area contributed by atoms with Crippen LogP contribution in [0.5, 0.6) is 0 Å². The molecule has 0 spiro atoms. The molecule has 0 aromatic heterocycles. The third-order valence-corrected chi connectivity index (χ3v) is 9.84. The van der Waals surface area contributed by atoms with Crippen molar-refractivity contribution in [2.75, 3.05) is 52.4 Å². The van der Waals surface area contributed by atoms with Crippen LogP contribution in [0.2, 0.25) is 0 Å². The van der Waals surface area contributed by atoms with Crippen LogP contribution in [0, 0.1) is 5.92 Å². The summed E-state index contributed by atoms with van der Waals surface area (Å²) in [6, 6.07) is -1.05. The van der Waals surface area contributed by atoms with Crippen LogP contribution in [-0.2, 0) is 14.8 Å². The topological polar surface area (TPSA) is 135 Å². The third kappa shape index (κ3) is 4.63. The van der Waals surface area contributed by atoms with Gasteiger partial charge in [0.1, 0.15) is 12.3 Å². The molecule has 1 amide bonds. The molecule has 188 valence electrons. The van der Waals surface area contributed by atoms with Crippen molar-refractivity contribution in [3.63, 3.8) is 0 Å². The number of halogens is 2.